The van der Waals surface area contributed by atoms with Gasteiger partial charge in [0.05, 0.1) is 5.52 Å². The number of rotatable bonds is 5. The molecule has 0 unspecified atom stereocenters. The molecule has 27 heavy (non-hydrogen) atoms. The summed E-state index contributed by atoms with van der Waals surface area (Å²) in [6.07, 6.45) is 7.84. The number of fused-ring (bicyclic) bond motifs is 3. The number of aliphatic hydroxyl groups is 1. The molecule has 4 rings (SSSR count). The summed E-state index contributed by atoms with van der Waals surface area (Å²) in [5.41, 5.74) is 7.88. The number of aromatic nitrogens is 2. The predicted molar refractivity (Wildman–Crippen MR) is 111 cm³/mol. The van der Waals surface area contributed by atoms with Crippen LogP contribution in [0.1, 0.15) is 35.7 Å². The molecule has 0 saturated heterocycles. The summed E-state index contributed by atoms with van der Waals surface area (Å²) in [5.74, 6) is 0. The smallest absolute Gasteiger partial charge is 0.0529 e. The molecule has 0 amide bonds. The minimum atomic E-state index is 0.262. The lowest BCUT2D eigenvalue weighted by Crippen LogP contribution is -2.32. The Balaban J connectivity index is 1.80. The van der Waals surface area contributed by atoms with Gasteiger partial charge in [-0.2, -0.15) is 0 Å². The first kappa shape index (κ1) is 18.0. The van der Waals surface area contributed by atoms with Crippen molar-refractivity contribution in [3.05, 3.63) is 65.1 Å². The molecule has 1 aromatic carbocycles. The number of allylic oxidation sites excluding steroid dienone is 1. The Kier molecular flexibility index (Phi) is 5.10. The Morgan fingerprint density at radius 1 is 1.22 bits per heavy atom. The minimum Gasteiger partial charge on any atom is -0.396 e. The van der Waals surface area contributed by atoms with Crippen LogP contribution in [0, 0.1) is 6.92 Å². The zero-order valence-electron chi connectivity index (χ0n) is 16.2. The van der Waals surface area contributed by atoms with Crippen LogP contribution >= 0.6 is 0 Å². The summed E-state index contributed by atoms with van der Waals surface area (Å²) in [5, 5.41) is 10.5. The molecule has 2 aromatic heterocycles. The lowest BCUT2D eigenvalue weighted by atomic mass is 10.0. The second kappa shape index (κ2) is 7.67. The van der Waals surface area contributed by atoms with Crippen LogP contribution in [-0.4, -0.2) is 39.3 Å². The average molecular weight is 361 g/mol. The van der Waals surface area contributed by atoms with E-state index in [2.05, 4.69) is 64.8 Å². The molecule has 1 aliphatic rings. The van der Waals surface area contributed by atoms with E-state index in [0.29, 0.717) is 0 Å². The van der Waals surface area contributed by atoms with Crippen molar-refractivity contribution in [2.75, 3.05) is 19.7 Å². The van der Waals surface area contributed by atoms with Gasteiger partial charge >= 0.3 is 0 Å². The van der Waals surface area contributed by atoms with Crippen molar-refractivity contribution in [1.82, 2.24) is 14.5 Å². The van der Waals surface area contributed by atoms with E-state index in [9.17, 15) is 0 Å². The molecular formula is C23H27N3O. The summed E-state index contributed by atoms with van der Waals surface area (Å²) in [7, 11) is 0. The topological polar surface area (TPSA) is 41.3 Å². The van der Waals surface area contributed by atoms with Gasteiger partial charge in [-0.3, -0.25) is 9.88 Å². The second-order valence-electron chi connectivity index (χ2n) is 7.47. The van der Waals surface area contributed by atoms with Crippen LogP contribution in [0.3, 0.4) is 0 Å². The highest BCUT2D eigenvalue weighted by Gasteiger charge is 2.23. The molecule has 0 aliphatic carbocycles. The van der Waals surface area contributed by atoms with Crippen molar-refractivity contribution in [2.24, 2.45) is 0 Å². The van der Waals surface area contributed by atoms with Gasteiger partial charge in [-0.1, -0.05) is 11.6 Å². The summed E-state index contributed by atoms with van der Waals surface area (Å²) < 4.78 is 2.39. The third kappa shape index (κ3) is 3.55. The monoisotopic (exact) mass is 361 g/mol. The minimum absolute atomic E-state index is 0.262. The van der Waals surface area contributed by atoms with E-state index in [4.69, 9.17) is 5.11 Å². The number of aryl methyl sites for hydroxylation is 1. The summed E-state index contributed by atoms with van der Waals surface area (Å²) in [4.78, 5) is 6.59. The molecule has 0 spiro atoms. The summed E-state index contributed by atoms with van der Waals surface area (Å²) >= 11 is 0. The normalized spacial score (nSPS) is 15.3. The van der Waals surface area contributed by atoms with E-state index in [1.807, 2.05) is 12.4 Å². The average Bonchev–Trinajstić information content (AvgIpc) is 2.99. The van der Waals surface area contributed by atoms with E-state index in [0.717, 1.165) is 32.5 Å². The maximum atomic E-state index is 9.17. The lowest BCUT2D eigenvalue weighted by Gasteiger charge is -2.27. The van der Waals surface area contributed by atoms with Gasteiger partial charge in [0, 0.05) is 62.3 Å². The number of hydrogen-bond donors (Lipinski definition) is 1. The van der Waals surface area contributed by atoms with Crippen molar-refractivity contribution in [2.45, 2.75) is 33.2 Å². The number of aliphatic hydroxyl groups excluding tert-OH is 1. The van der Waals surface area contributed by atoms with E-state index < -0.39 is 0 Å². The maximum absolute atomic E-state index is 9.17. The molecule has 0 fully saturated rings. The molecule has 0 saturated carbocycles. The molecule has 3 aromatic rings. The van der Waals surface area contributed by atoms with Gasteiger partial charge in [0.1, 0.15) is 0 Å². The van der Waals surface area contributed by atoms with E-state index >= 15 is 0 Å². The Morgan fingerprint density at radius 3 is 2.81 bits per heavy atom. The van der Waals surface area contributed by atoms with Crippen LogP contribution in [-0.2, 0) is 13.0 Å². The second-order valence-corrected chi connectivity index (χ2v) is 7.47. The first-order valence-corrected chi connectivity index (χ1v) is 9.71. The van der Waals surface area contributed by atoms with Crippen molar-refractivity contribution < 1.29 is 5.11 Å². The number of benzene rings is 1. The van der Waals surface area contributed by atoms with Gasteiger partial charge in [0.2, 0.25) is 0 Å². The summed E-state index contributed by atoms with van der Waals surface area (Å²) in [6, 6.07) is 10.9. The number of pyridine rings is 1. The van der Waals surface area contributed by atoms with Crippen LogP contribution in [0.25, 0.3) is 22.7 Å². The highest BCUT2D eigenvalue weighted by Crippen LogP contribution is 2.33. The Hall–Kier alpha value is -2.43. The third-order valence-corrected chi connectivity index (χ3v) is 5.51. The number of hydrogen-bond acceptors (Lipinski definition) is 3. The molecule has 0 radical (unpaired) electrons. The number of nitrogens with zero attached hydrogens (tertiary/aromatic N) is 3. The van der Waals surface area contributed by atoms with Gasteiger partial charge in [-0.05, 0) is 61.2 Å². The SMILES string of the molecule is CC(=Cn1c2c(c3cc(C)ccc31)CN(CCCO)CC2)c1ccncc1. The molecular weight excluding hydrogens is 334 g/mol. The molecule has 3 heterocycles. The van der Waals surface area contributed by atoms with E-state index in [1.54, 1.807) is 0 Å². The molecule has 4 heteroatoms. The molecule has 0 bridgehead atoms. The van der Waals surface area contributed by atoms with Gasteiger partial charge in [0.25, 0.3) is 0 Å². The first-order valence-electron chi connectivity index (χ1n) is 9.71. The zero-order valence-corrected chi connectivity index (χ0v) is 16.2. The van der Waals surface area contributed by atoms with Crippen LogP contribution in [0.15, 0.2) is 42.7 Å². The van der Waals surface area contributed by atoms with Gasteiger partial charge in [-0.25, -0.2) is 0 Å². The molecule has 4 nitrogen and oxygen atoms in total. The van der Waals surface area contributed by atoms with E-state index in [-0.39, 0.29) is 6.61 Å². The van der Waals surface area contributed by atoms with Crippen LogP contribution < -0.4 is 0 Å². The molecule has 0 atom stereocenters. The Morgan fingerprint density at radius 2 is 2.04 bits per heavy atom. The highest BCUT2D eigenvalue weighted by molar-refractivity contribution is 5.90. The van der Waals surface area contributed by atoms with Crippen LogP contribution in [0.4, 0.5) is 0 Å². The van der Waals surface area contributed by atoms with Crippen molar-refractivity contribution in [3.63, 3.8) is 0 Å². The molecule has 140 valence electrons. The summed E-state index contributed by atoms with van der Waals surface area (Å²) in [6.45, 7) is 7.55. The largest absolute Gasteiger partial charge is 0.396 e. The quantitative estimate of drug-likeness (QED) is 0.744. The van der Waals surface area contributed by atoms with Gasteiger partial charge in [0.15, 0.2) is 0 Å². The van der Waals surface area contributed by atoms with Gasteiger partial charge in [-0.15, -0.1) is 0 Å². The Bertz CT molecular complexity index is 972. The highest BCUT2D eigenvalue weighted by atomic mass is 16.3. The third-order valence-electron chi connectivity index (χ3n) is 5.51. The zero-order chi connectivity index (χ0) is 18.8. The fourth-order valence-electron chi connectivity index (χ4n) is 4.08. The van der Waals surface area contributed by atoms with Crippen molar-refractivity contribution in [3.8, 4) is 0 Å². The fourth-order valence-corrected chi connectivity index (χ4v) is 4.08. The van der Waals surface area contributed by atoms with Crippen LogP contribution in [0.2, 0.25) is 0 Å². The van der Waals surface area contributed by atoms with E-state index in [1.165, 1.54) is 38.9 Å². The van der Waals surface area contributed by atoms with Crippen molar-refractivity contribution >= 4 is 22.7 Å². The molecule has 1 N–H and O–H groups in total. The first-order chi connectivity index (χ1) is 13.2. The van der Waals surface area contributed by atoms with Gasteiger partial charge < -0.3 is 9.67 Å². The fraction of sp³-hybridized carbons (Fsp3) is 0.348. The molecule has 1 aliphatic heterocycles. The Labute approximate surface area is 160 Å². The van der Waals surface area contributed by atoms with Crippen LogP contribution in [0.5, 0.6) is 0 Å². The lowest BCUT2D eigenvalue weighted by molar-refractivity contribution is 0.212. The van der Waals surface area contributed by atoms with Crippen molar-refractivity contribution in [1.29, 1.82) is 0 Å². The maximum Gasteiger partial charge on any atom is 0.0529 e. The standard InChI is InChI=1S/C23H27N3O/c1-17-4-5-22-20(14-17)21-16-25(11-3-13-27)12-8-23(21)26(22)15-18(2)19-6-9-24-10-7-19/h4-7,9-10,14-15,27H,3,8,11-13,16H2,1-2H3. The predicted octanol–water partition coefficient (Wildman–Crippen LogP) is 4.10.